The van der Waals surface area contributed by atoms with Crippen molar-refractivity contribution in [1.82, 2.24) is 9.62 Å². The van der Waals surface area contributed by atoms with Gasteiger partial charge in [-0.2, -0.15) is 4.31 Å². The van der Waals surface area contributed by atoms with Gasteiger partial charge in [-0.1, -0.05) is 57.9 Å². The minimum atomic E-state index is -3.92. The molecule has 0 aliphatic heterocycles. The highest BCUT2D eigenvalue weighted by atomic mass is 79.9. The van der Waals surface area contributed by atoms with E-state index in [-0.39, 0.29) is 24.5 Å². The van der Waals surface area contributed by atoms with Crippen LogP contribution in [0.2, 0.25) is 5.02 Å². The Kier molecular flexibility index (Phi) is 8.31. The summed E-state index contributed by atoms with van der Waals surface area (Å²) in [6.45, 7) is -0.0935. The number of rotatable bonds is 9. The molecule has 0 atom stereocenters. The molecule has 168 valence electrons. The van der Waals surface area contributed by atoms with Crippen LogP contribution >= 0.6 is 27.5 Å². The molecule has 6 nitrogen and oxygen atoms in total. The van der Waals surface area contributed by atoms with E-state index in [0.717, 1.165) is 14.3 Å². The smallest absolute Gasteiger partial charge is 0.243 e. The summed E-state index contributed by atoms with van der Waals surface area (Å²) in [6.07, 6.45) is 0. The molecule has 3 rings (SSSR count). The second kappa shape index (κ2) is 11.0. The number of hydrogen-bond donors (Lipinski definition) is 1. The first-order chi connectivity index (χ1) is 15.3. The second-order valence-corrected chi connectivity index (χ2v) is 10.2. The predicted molar refractivity (Wildman–Crippen MR) is 128 cm³/mol. The van der Waals surface area contributed by atoms with Gasteiger partial charge in [0, 0.05) is 28.1 Å². The summed E-state index contributed by atoms with van der Waals surface area (Å²) in [5.41, 5.74) is 1.51. The molecule has 0 radical (unpaired) electrons. The summed E-state index contributed by atoms with van der Waals surface area (Å²) < 4.78 is 33.8. The number of hydrogen-bond acceptors (Lipinski definition) is 4. The monoisotopic (exact) mass is 536 g/mol. The van der Waals surface area contributed by atoms with Gasteiger partial charge < -0.3 is 10.1 Å². The van der Waals surface area contributed by atoms with Crippen LogP contribution in [-0.4, -0.2) is 32.3 Å². The highest BCUT2D eigenvalue weighted by molar-refractivity contribution is 9.10. The van der Waals surface area contributed by atoms with Crippen molar-refractivity contribution < 1.29 is 17.9 Å². The zero-order chi connectivity index (χ0) is 23.1. The zero-order valence-electron chi connectivity index (χ0n) is 17.3. The fraction of sp³-hybridized carbons (Fsp3) is 0.174. The van der Waals surface area contributed by atoms with Crippen LogP contribution in [0, 0.1) is 0 Å². The van der Waals surface area contributed by atoms with Crippen LogP contribution in [0.4, 0.5) is 0 Å². The number of sulfonamides is 1. The molecule has 9 heteroatoms. The van der Waals surface area contributed by atoms with Crippen molar-refractivity contribution in [2.24, 2.45) is 0 Å². The average Bonchev–Trinajstić information content (AvgIpc) is 2.79. The molecule has 0 saturated carbocycles. The number of methoxy groups -OCH3 is 1. The third-order valence-electron chi connectivity index (χ3n) is 4.71. The van der Waals surface area contributed by atoms with Gasteiger partial charge in [-0.3, -0.25) is 4.79 Å². The Bertz CT molecular complexity index is 1170. The third-order valence-corrected chi connectivity index (χ3v) is 7.30. The van der Waals surface area contributed by atoms with Crippen LogP contribution in [0.5, 0.6) is 5.75 Å². The Morgan fingerprint density at radius 3 is 2.34 bits per heavy atom. The fourth-order valence-corrected chi connectivity index (χ4v) is 4.81. The molecule has 1 amide bonds. The van der Waals surface area contributed by atoms with E-state index < -0.39 is 15.9 Å². The molecule has 0 bridgehead atoms. The molecule has 0 unspecified atom stereocenters. The molecule has 0 aliphatic rings. The van der Waals surface area contributed by atoms with E-state index >= 15 is 0 Å². The lowest BCUT2D eigenvalue weighted by molar-refractivity contribution is -0.121. The van der Waals surface area contributed by atoms with Gasteiger partial charge in [0.05, 0.1) is 18.6 Å². The summed E-state index contributed by atoms with van der Waals surface area (Å²) >= 11 is 9.26. The molecule has 32 heavy (non-hydrogen) atoms. The number of nitrogens with zero attached hydrogens (tertiary/aromatic N) is 1. The molecule has 0 saturated heterocycles. The number of carbonyl (C=O) groups excluding carboxylic acids is 1. The van der Waals surface area contributed by atoms with E-state index in [1.165, 1.54) is 12.1 Å². The third kappa shape index (κ3) is 6.32. The van der Waals surface area contributed by atoms with Gasteiger partial charge in [0.2, 0.25) is 15.9 Å². The summed E-state index contributed by atoms with van der Waals surface area (Å²) in [7, 11) is -2.37. The van der Waals surface area contributed by atoms with Crippen LogP contribution in [-0.2, 0) is 27.9 Å². The van der Waals surface area contributed by atoms with Gasteiger partial charge in [-0.25, -0.2) is 8.42 Å². The van der Waals surface area contributed by atoms with Crippen molar-refractivity contribution in [2.45, 2.75) is 18.0 Å². The number of para-hydroxylation sites is 1. The number of carbonyl (C=O) groups is 1. The van der Waals surface area contributed by atoms with E-state index in [4.69, 9.17) is 16.3 Å². The first kappa shape index (κ1) is 24.3. The van der Waals surface area contributed by atoms with Crippen molar-refractivity contribution in [2.75, 3.05) is 13.7 Å². The van der Waals surface area contributed by atoms with Crippen molar-refractivity contribution in [3.05, 3.63) is 93.4 Å². The number of benzene rings is 3. The topological polar surface area (TPSA) is 75.7 Å². The van der Waals surface area contributed by atoms with Gasteiger partial charge in [-0.15, -0.1) is 0 Å². The van der Waals surface area contributed by atoms with Crippen LogP contribution in [0.1, 0.15) is 11.1 Å². The van der Waals surface area contributed by atoms with E-state index in [1.54, 1.807) is 49.6 Å². The van der Waals surface area contributed by atoms with Crippen LogP contribution in [0.25, 0.3) is 0 Å². The normalized spacial score (nSPS) is 11.4. The highest BCUT2D eigenvalue weighted by Gasteiger charge is 2.27. The van der Waals surface area contributed by atoms with Crippen molar-refractivity contribution in [3.63, 3.8) is 0 Å². The van der Waals surface area contributed by atoms with Gasteiger partial charge in [0.1, 0.15) is 5.75 Å². The number of nitrogens with one attached hydrogen (secondary N) is 1. The molecule has 0 aliphatic carbocycles. The van der Waals surface area contributed by atoms with Crippen LogP contribution in [0.15, 0.2) is 82.2 Å². The van der Waals surface area contributed by atoms with Gasteiger partial charge in [0.25, 0.3) is 0 Å². The van der Waals surface area contributed by atoms with E-state index in [2.05, 4.69) is 21.2 Å². The maximum atomic E-state index is 13.3. The average molecular weight is 538 g/mol. The Balaban J connectivity index is 1.80. The standard InChI is InChI=1S/C23H22BrClN2O4S/c1-31-22-5-3-2-4-18(22)14-26-23(28)16-27(15-17-6-10-20(25)11-7-17)32(29,30)21-12-8-19(24)9-13-21/h2-13H,14-16H2,1H3,(H,26,28). The molecule has 1 N–H and O–H groups in total. The second-order valence-electron chi connectivity index (χ2n) is 6.94. The largest absolute Gasteiger partial charge is 0.496 e. The van der Waals surface area contributed by atoms with Gasteiger partial charge in [-0.05, 0) is 48.0 Å². The van der Waals surface area contributed by atoms with E-state index in [9.17, 15) is 13.2 Å². The lowest BCUT2D eigenvalue weighted by atomic mass is 10.2. The Labute approximate surface area is 201 Å². The maximum Gasteiger partial charge on any atom is 0.243 e. The number of ether oxygens (including phenoxy) is 1. The van der Waals surface area contributed by atoms with Crippen molar-refractivity contribution in [3.8, 4) is 5.75 Å². The summed E-state index contributed by atoms with van der Waals surface area (Å²) in [4.78, 5) is 12.8. The molecule has 0 heterocycles. The summed E-state index contributed by atoms with van der Waals surface area (Å²) in [6, 6.07) is 20.4. The van der Waals surface area contributed by atoms with Gasteiger partial charge >= 0.3 is 0 Å². The molecule has 3 aromatic carbocycles. The zero-order valence-corrected chi connectivity index (χ0v) is 20.5. The Morgan fingerprint density at radius 1 is 1.03 bits per heavy atom. The maximum absolute atomic E-state index is 13.3. The molecule has 0 spiro atoms. The van der Waals surface area contributed by atoms with Crippen molar-refractivity contribution in [1.29, 1.82) is 0 Å². The van der Waals surface area contributed by atoms with Crippen LogP contribution < -0.4 is 10.1 Å². The summed E-state index contributed by atoms with van der Waals surface area (Å²) in [5, 5.41) is 3.32. The summed E-state index contributed by atoms with van der Waals surface area (Å²) in [5.74, 6) is 0.221. The van der Waals surface area contributed by atoms with Crippen molar-refractivity contribution >= 4 is 43.5 Å². The molecule has 0 fully saturated rings. The highest BCUT2D eigenvalue weighted by Crippen LogP contribution is 2.22. The minimum Gasteiger partial charge on any atom is -0.496 e. The lowest BCUT2D eigenvalue weighted by Gasteiger charge is -2.22. The Morgan fingerprint density at radius 2 is 1.69 bits per heavy atom. The Hall–Kier alpha value is -2.39. The van der Waals surface area contributed by atoms with Crippen LogP contribution in [0.3, 0.4) is 0 Å². The number of halogens is 2. The molecular weight excluding hydrogens is 516 g/mol. The predicted octanol–water partition coefficient (Wildman–Crippen LogP) is 4.62. The first-order valence-corrected chi connectivity index (χ1v) is 12.3. The molecule has 3 aromatic rings. The SMILES string of the molecule is COc1ccccc1CNC(=O)CN(Cc1ccc(Cl)cc1)S(=O)(=O)c1ccc(Br)cc1. The lowest BCUT2D eigenvalue weighted by Crippen LogP contribution is -2.40. The number of amides is 1. The molecular formula is C23H22BrClN2O4S. The fourth-order valence-electron chi connectivity index (χ4n) is 3.03. The first-order valence-electron chi connectivity index (χ1n) is 9.68. The molecule has 0 aromatic heterocycles. The van der Waals surface area contributed by atoms with E-state index in [0.29, 0.717) is 16.3 Å². The van der Waals surface area contributed by atoms with Gasteiger partial charge in [0.15, 0.2) is 0 Å². The minimum absolute atomic E-state index is 0.0254. The quantitative estimate of drug-likeness (QED) is 0.432. The van der Waals surface area contributed by atoms with E-state index in [1.807, 2.05) is 18.2 Å².